The minimum absolute atomic E-state index is 0.397. The van der Waals surface area contributed by atoms with Gasteiger partial charge in [0.05, 0.1) is 10.7 Å². The number of hydrogen-bond donors (Lipinski definition) is 3. The number of carbonyl (C=O) groups is 2. The van der Waals surface area contributed by atoms with E-state index in [4.69, 9.17) is 16.7 Å². The third-order valence-electron chi connectivity index (χ3n) is 2.09. The first-order chi connectivity index (χ1) is 7.90. The molecule has 0 aromatic heterocycles. The standard InChI is InChI=1S/C11H13ClN2O3/c1-6-3-4-8(12)9(5-6)14-11(17)13-7(2)10(15)16/h3-5,7H,1-2H3,(H,15,16)(H2,13,14,17). The van der Waals surface area contributed by atoms with Crippen molar-refractivity contribution in [1.82, 2.24) is 5.32 Å². The number of aryl methyl sites for hydroxylation is 1. The van der Waals surface area contributed by atoms with Crippen LogP contribution < -0.4 is 10.6 Å². The first kappa shape index (κ1) is 13.3. The fraction of sp³-hybridized carbons (Fsp3) is 0.273. The number of carboxylic acid groups (broad SMARTS) is 1. The van der Waals surface area contributed by atoms with E-state index in [-0.39, 0.29) is 0 Å². The third kappa shape index (κ3) is 3.96. The van der Waals surface area contributed by atoms with Gasteiger partial charge in [-0.1, -0.05) is 17.7 Å². The summed E-state index contributed by atoms with van der Waals surface area (Å²) in [5, 5.41) is 13.8. The molecule has 1 aromatic rings. The summed E-state index contributed by atoms with van der Waals surface area (Å²) in [5.74, 6) is -1.10. The Bertz CT molecular complexity index is 448. The number of carbonyl (C=O) groups excluding carboxylic acids is 1. The molecule has 1 aromatic carbocycles. The third-order valence-corrected chi connectivity index (χ3v) is 2.42. The number of carboxylic acids is 1. The Hall–Kier alpha value is -1.75. The molecule has 17 heavy (non-hydrogen) atoms. The van der Waals surface area contributed by atoms with Crippen LogP contribution in [0.3, 0.4) is 0 Å². The van der Waals surface area contributed by atoms with Crippen LogP contribution in [0.25, 0.3) is 0 Å². The molecular formula is C11H13ClN2O3. The van der Waals surface area contributed by atoms with Crippen molar-refractivity contribution in [2.75, 3.05) is 5.32 Å². The Morgan fingerprint density at radius 3 is 2.65 bits per heavy atom. The van der Waals surface area contributed by atoms with Gasteiger partial charge in [-0.25, -0.2) is 4.79 Å². The van der Waals surface area contributed by atoms with Gasteiger partial charge in [0.2, 0.25) is 0 Å². The van der Waals surface area contributed by atoms with E-state index in [0.29, 0.717) is 10.7 Å². The molecule has 0 saturated carbocycles. The number of anilines is 1. The van der Waals surface area contributed by atoms with Gasteiger partial charge in [0.15, 0.2) is 0 Å². The van der Waals surface area contributed by atoms with Crippen molar-refractivity contribution in [3.63, 3.8) is 0 Å². The monoisotopic (exact) mass is 256 g/mol. The van der Waals surface area contributed by atoms with E-state index in [0.717, 1.165) is 5.56 Å². The molecule has 0 bridgehead atoms. The molecule has 0 aliphatic rings. The topological polar surface area (TPSA) is 78.4 Å². The lowest BCUT2D eigenvalue weighted by molar-refractivity contribution is -0.138. The summed E-state index contributed by atoms with van der Waals surface area (Å²) in [4.78, 5) is 22.0. The maximum atomic E-state index is 11.4. The van der Waals surface area contributed by atoms with E-state index in [1.54, 1.807) is 12.1 Å². The first-order valence-corrected chi connectivity index (χ1v) is 5.34. The molecule has 0 aliphatic carbocycles. The van der Waals surface area contributed by atoms with Crippen molar-refractivity contribution < 1.29 is 14.7 Å². The Balaban J connectivity index is 2.68. The highest BCUT2D eigenvalue weighted by Crippen LogP contribution is 2.22. The van der Waals surface area contributed by atoms with Crippen molar-refractivity contribution in [2.45, 2.75) is 19.9 Å². The van der Waals surface area contributed by atoms with Crippen LogP contribution in [-0.4, -0.2) is 23.1 Å². The van der Waals surface area contributed by atoms with E-state index in [1.165, 1.54) is 6.92 Å². The van der Waals surface area contributed by atoms with E-state index >= 15 is 0 Å². The summed E-state index contributed by atoms with van der Waals surface area (Å²) >= 11 is 5.88. The molecule has 92 valence electrons. The van der Waals surface area contributed by atoms with Gasteiger partial charge >= 0.3 is 12.0 Å². The Morgan fingerprint density at radius 1 is 1.41 bits per heavy atom. The molecule has 1 rings (SSSR count). The summed E-state index contributed by atoms with van der Waals surface area (Å²) in [5.41, 5.74) is 1.39. The Morgan fingerprint density at radius 2 is 2.06 bits per heavy atom. The molecular weight excluding hydrogens is 244 g/mol. The second kappa shape index (κ2) is 5.54. The second-order valence-electron chi connectivity index (χ2n) is 3.64. The van der Waals surface area contributed by atoms with Gasteiger partial charge in [0, 0.05) is 0 Å². The molecule has 2 amide bonds. The molecule has 1 unspecified atom stereocenters. The molecule has 1 atom stereocenters. The number of amides is 2. The lowest BCUT2D eigenvalue weighted by atomic mass is 10.2. The highest BCUT2D eigenvalue weighted by Gasteiger charge is 2.14. The minimum atomic E-state index is -1.10. The van der Waals surface area contributed by atoms with Gasteiger partial charge < -0.3 is 15.7 Å². The molecule has 6 heteroatoms. The largest absolute Gasteiger partial charge is 0.480 e. The molecule has 0 heterocycles. The summed E-state index contributed by atoms with van der Waals surface area (Å²) in [7, 11) is 0. The van der Waals surface area contributed by atoms with Crippen molar-refractivity contribution in [2.24, 2.45) is 0 Å². The molecule has 5 nitrogen and oxygen atoms in total. The van der Waals surface area contributed by atoms with Crippen LogP contribution in [0.5, 0.6) is 0 Å². The number of nitrogens with one attached hydrogen (secondary N) is 2. The number of urea groups is 1. The van der Waals surface area contributed by atoms with Crippen LogP contribution in [0, 0.1) is 6.92 Å². The van der Waals surface area contributed by atoms with Crippen LogP contribution >= 0.6 is 11.6 Å². The average Bonchev–Trinajstić information content (AvgIpc) is 2.23. The number of aliphatic carboxylic acids is 1. The van der Waals surface area contributed by atoms with Gasteiger partial charge in [-0.2, -0.15) is 0 Å². The predicted octanol–water partition coefficient (Wildman–Crippen LogP) is 2.24. The van der Waals surface area contributed by atoms with E-state index < -0.39 is 18.0 Å². The van der Waals surface area contributed by atoms with Gasteiger partial charge in [0.1, 0.15) is 6.04 Å². The van der Waals surface area contributed by atoms with Crippen LogP contribution in [0.1, 0.15) is 12.5 Å². The summed E-state index contributed by atoms with van der Waals surface area (Å²) in [6, 6.07) is 3.61. The van der Waals surface area contributed by atoms with Gasteiger partial charge in [-0.05, 0) is 31.5 Å². The first-order valence-electron chi connectivity index (χ1n) is 4.96. The number of hydrogen-bond acceptors (Lipinski definition) is 2. The quantitative estimate of drug-likeness (QED) is 0.776. The summed E-state index contributed by atoms with van der Waals surface area (Å²) < 4.78 is 0. The van der Waals surface area contributed by atoms with Gasteiger partial charge in [0.25, 0.3) is 0 Å². The van der Waals surface area contributed by atoms with Crippen molar-refractivity contribution in [3.05, 3.63) is 28.8 Å². The van der Waals surface area contributed by atoms with Crippen LogP contribution in [-0.2, 0) is 4.79 Å². The Labute approximate surface area is 104 Å². The molecule has 0 radical (unpaired) electrons. The van der Waals surface area contributed by atoms with Crippen LogP contribution in [0.2, 0.25) is 5.02 Å². The second-order valence-corrected chi connectivity index (χ2v) is 4.05. The maximum Gasteiger partial charge on any atom is 0.325 e. The summed E-state index contributed by atoms with van der Waals surface area (Å²) in [6.45, 7) is 3.24. The van der Waals surface area contributed by atoms with E-state index in [9.17, 15) is 9.59 Å². The molecule has 0 saturated heterocycles. The molecule has 0 fully saturated rings. The van der Waals surface area contributed by atoms with Crippen molar-refractivity contribution in [1.29, 1.82) is 0 Å². The lowest BCUT2D eigenvalue weighted by Crippen LogP contribution is -2.40. The SMILES string of the molecule is Cc1ccc(Cl)c(NC(=O)NC(C)C(=O)O)c1. The number of rotatable bonds is 3. The lowest BCUT2D eigenvalue weighted by Gasteiger charge is -2.12. The van der Waals surface area contributed by atoms with E-state index in [1.807, 2.05) is 13.0 Å². The molecule has 0 spiro atoms. The fourth-order valence-corrected chi connectivity index (χ4v) is 1.32. The van der Waals surface area contributed by atoms with Gasteiger partial charge in [-0.15, -0.1) is 0 Å². The predicted molar refractivity (Wildman–Crippen MR) is 65.4 cm³/mol. The number of halogens is 1. The zero-order valence-corrected chi connectivity index (χ0v) is 10.2. The Kier molecular flexibility index (Phi) is 4.34. The van der Waals surface area contributed by atoms with Crippen molar-refractivity contribution >= 4 is 29.3 Å². The normalized spacial score (nSPS) is 11.7. The highest BCUT2D eigenvalue weighted by molar-refractivity contribution is 6.33. The summed E-state index contributed by atoms with van der Waals surface area (Å²) in [6.07, 6.45) is 0. The maximum absolute atomic E-state index is 11.4. The minimum Gasteiger partial charge on any atom is -0.480 e. The van der Waals surface area contributed by atoms with Crippen molar-refractivity contribution in [3.8, 4) is 0 Å². The fourth-order valence-electron chi connectivity index (χ4n) is 1.15. The smallest absolute Gasteiger partial charge is 0.325 e. The highest BCUT2D eigenvalue weighted by atomic mass is 35.5. The molecule has 0 aliphatic heterocycles. The van der Waals surface area contributed by atoms with Crippen LogP contribution in [0.15, 0.2) is 18.2 Å². The van der Waals surface area contributed by atoms with Gasteiger partial charge in [-0.3, -0.25) is 4.79 Å². The van der Waals surface area contributed by atoms with E-state index in [2.05, 4.69) is 10.6 Å². The zero-order valence-electron chi connectivity index (χ0n) is 9.45. The van der Waals surface area contributed by atoms with Crippen LogP contribution in [0.4, 0.5) is 10.5 Å². The zero-order chi connectivity index (χ0) is 13.0. The number of benzene rings is 1. The average molecular weight is 257 g/mol. The molecule has 3 N–H and O–H groups in total.